The minimum Gasteiger partial charge on any atom is -0.356 e. The lowest BCUT2D eigenvalue weighted by molar-refractivity contribution is -0.120. The fourth-order valence-corrected chi connectivity index (χ4v) is 5.56. The number of hydrogen-bond donors (Lipinski definition) is 1. The molecule has 3 aromatic carbocycles. The van der Waals surface area contributed by atoms with E-state index in [2.05, 4.69) is 5.32 Å². The van der Waals surface area contributed by atoms with Crippen molar-refractivity contribution in [3.05, 3.63) is 100 Å². The Bertz CT molecular complexity index is 1450. The predicted molar refractivity (Wildman–Crippen MR) is 122 cm³/mol. The number of fused-ring (bicyclic) bond motifs is 2. The number of para-hydroxylation sites is 1. The van der Waals surface area contributed by atoms with E-state index in [4.69, 9.17) is 0 Å². The Hall–Kier alpha value is -3.78. The lowest BCUT2D eigenvalue weighted by atomic mass is 9.87. The second-order valence-corrected chi connectivity index (χ2v) is 9.87. The van der Waals surface area contributed by atoms with Crippen LogP contribution in [0.4, 0.5) is 15.8 Å². The van der Waals surface area contributed by atoms with Crippen molar-refractivity contribution in [1.29, 1.82) is 0 Å². The molecule has 6 nitrogen and oxygen atoms in total. The number of Topliss-reactive ketones (excluding diaryl/α,β-unsaturated/α-hetero) is 1. The van der Waals surface area contributed by atoms with Crippen LogP contribution in [0.25, 0.3) is 0 Å². The van der Waals surface area contributed by atoms with Gasteiger partial charge in [-0.3, -0.25) is 9.59 Å². The maximum absolute atomic E-state index is 13.6. The van der Waals surface area contributed by atoms with Gasteiger partial charge in [-0.05, 0) is 48.9 Å². The summed E-state index contributed by atoms with van der Waals surface area (Å²) >= 11 is 0. The maximum Gasteiger partial charge on any atom is 0.244 e. The van der Waals surface area contributed by atoms with Crippen molar-refractivity contribution in [2.24, 2.45) is 5.92 Å². The van der Waals surface area contributed by atoms with Crippen LogP contribution in [0.3, 0.4) is 0 Å². The molecule has 0 aliphatic carbocycles. The number of amides is 1. The zero-order valence-corrected chi connectivity index (χ0v) is 18.4. The minimum absolute atomic E-state index is 0.0139. The first kappa shape index (κ1) is 21.1. The smallest absolute Gasteiger partial charge is 0.244 e. The fraction of sp³-hybridized carbons (Fsp3) is 0.120. The van der Waals surface area contributed by atoms with Crippen LogP contribution in [-0.2, 0) is 21.2 Å². The second-order valence-electron chi connectivity index (χ2n) is 8.11. The van der Waals surface area contributed by atoms with Crippen molar-refractivity contribution in [3.63, 3.8) is 0 Å². The van der Waals surface area contributed by atoms with Crippen molar-refractivity contribution < 1.29 is 22.4 Å². The molecule has 5 rings (SSSR count). The van der Waals surface area contributed by atoms with Crippen molar-refractivity contribution >= 4 is 32.9 Å². The Kier molecular flexibility index (Phi) is 4.90. The van der Waals surface area contributed by atoms with E-state index in [-0.39, 0.29) is 17.1 Å². The molecule has 1 amide bonds. The number of ketones is 1. The van der Waals surface area contributed by atoms with Gasteiger partial charge in [0, 0.05) is 11.3 Å². The van der Waals surface area contributed by atoms with Gasteiger partial charge in [-0.2, -0.15) is 0 Å². The largest absolute Gasteiger partial charge is 0.356 e. The average Bonchev–Trinajstić information content (AvgIpc) is 2.78. The number of aryl methyl sites for hydroxylation is 1. The van der Waals surface area contributed by atoms with Crippen LogP contribution >= 0.6 is 0 Å². The molecule has 2 aliphatic heterocycles. The normalized spacial score (nSPS) is 18.8. The summed E-state index contributed by atoms with van der Waals surface area (Å²) in [6.45, 7) is 1.94. The van der Waals surface area contributed by atoms with E-state index in [1.807, 2.05) is 6.92 Å². The molecule has 0 radical (unpaired) electrons. The highest BCUT2D eigenvalue weighted by atomic mass is 32.2. The molecule has 33 heavy (non-hydrogen) atoms. The fourth-order valence-electron chi connectivity index (χ4n) is 4.21. The molecule has 0 spiro atoms. The Morgan fingerprint density at radius 1 is 1.00 bits per heavy atom. The standard InChI is InChI=1S/C25H19FN2O4S/c1-15-6-11-21-18(12-15)24(29)23(25(30)28(21)13-16-7-9-17(26)10-8-16)20-14-33(31,32)22-5-3-2-4-19(22)27-20/h2-12,14,23,27H,13H2,1H3. The van der Waals surface area contributed by atoms with E-state index in [9.17, 15) is 22.4 Å². The zero-order valence-electron chi connectivity index (χ0n) is 17.6. The van der Waals surface area contributed by atoms with Gasteiger partial charge in [-0.15, -0.1) is 0 Å². The highest BCUT2D eigenvalue weighted by Crippen LogP contribution is 2.39. The number of rotatable bonds is 3. The predicted octanol–water partition coefficient (Wildman–Crippen LogP) is 4.22. The van der Waals surface area contributed by atoms with E-state index in [1.165, 1.54) is 23.1 Å². The average molecular weight is 463 g/mol. The topological polar surface area (TPSA) is 83.5 Å². The summed E-state index contributed by atoms with van der Waals surface area (Å²) in [5.41, 5.74) is 2.61. The molecular formula is C25H19FN2O4S. The van der Waals surface area contributed by atoms with Gasteiger partial charge in [0.15, 0.2) is 5.78 Å². The lowest BCUT2D eigenvalue weighted by Gasteiger charge is -2.35. The molecule has 2 heterocycles. The van der Waals surface area contributed by atoms with Gasteiger partial charge in [0.2, 0.25) is 15.7 Å². The highest BCUT2D eigenvalue weighted by Gasteiger charge is 2.43. The van der Waals surface area contributed by atoms with Crippen LogP contribution < -0.4 is 10.2 Å². The molecule has 0 saturated heterocycles. The molecule has 0 bridgehead atoms. The number of carbonyl (C=O) groups is 2. The van der Waals surface area contributed by atoms with E-state index in [1.54, 1.807) is 48.5 Å². The number of benzene rings is 3. The monoisotopic (exact) mass is 462 g/mol. The number of carbonyl (C=O) groups excluding carboxylic acids is 2. The van der Waals surface area contributed by atoms with Gasteiger partial charge in [0.25, 0.3) is 0 Å². The van der Waals surface area contributed by atoms with Crippen molar-refractivity contribution in [3.8, 4) is 0 Å². The Morgan fingerprint density at radius 3 is 2.48 bits per heavy atom. The van der Waals surface area contributed by atoms with Gasteiger partial charge in [0.1, 0.15) is 11.7 Å². The summed E-state index contributed by atoms with van der Waals surface area (Å²) in [7, 11) is -3.84. The first-order chi connectivity index (χ1) is 15.7. The van der Waals surface area contributed by atoms with Gasteiger partial charge >= 0.3 is 0 Å². The Labute approximate surface area is 190 Å². The van der Waals surface area contributed by atoms with Crippen LogP contribution in [0.1, 0.15) is 21.5 Å². The first-order valence-corrected chi connectivity index (χ1v) is 11.8. The zero-order chi connectivity index (χ0) is 23.3. The quantitative estimate of drug-likeness (QED) is 0.590. The molecule has 1 unspecified atom stereocenters. The van der Waals surface area contributed by atoms with Gasteiger partial charge in [-0.1, -0.05) is 35.9 Å². The second kappa shape index (κ2) is 7.67. The summed E-state index contributed by atoms with van der Waals surface area (Å²) in [6, 6.07) is 17.3. The first-order valence-electron chi connectivity index (χ1n) is 10.3. The summed E-state index contributed by atoms with van der Waals surface area (Å²) in [5.74, 6) is -2.76. The van der Waals surface area contributed by atoms with Crippen LogP contribution in [0.5, 0.6) is 0 Å². The third-order valence-corrected chi connectivity index (χ3v) is 7.34. The number of nitrogens with zero attached hydrogens (tertiary/aromatic N) is 1. The van der Waals surface area contributed by atoms with Crippen molar-refractivity contribution in [2.45, 2.75) is 18.4 Å². The molecule has 166 valence electrons. The van der Waals surface area contributed by atoms with Gasteiger partial charge in [0.05, 0.1) is 28.2 Å². The molecule has 0 aromatic heterocycles. The van der Waals surface area contributed by atoms with Crippen molar-refractivity contribution in [2.75, 3.05) is 10.2 Å². The third-order valence-electron chi connectivity index (χ3n) is 5.80. The molecule has 0 fully saturated rings. The van der Waals surface area contributed by atoms with E-state index in [0.29, 0.717) is 22.5 Å². The summed E-state index contributed by atoms with van der Waals surface area (Å²) in [4.78, 5) is 28.6. The molecule has 3 aromatic rings. The Balaban J connectivity index is 1.62. The van der Waals surface area contributed by atoms with E-state index < -0.39 is 33.3 Å². The van der Waals surface area contributed by atoms with Gasteiger partial charge in [-0.25, -0.2) is 12.8 Å². The number of halogens is 1. The third kappa shape index (κ3) is 3.62. The van der Waals surface area contributed by atoms with Crippen LogP contribution in [0, 0.1) is 18.7 Å². The van der Waals surface area contributed by atoms with Crippen LogP contribution in [-0.4, -0.2) is 20.1 Å². The Morgan fingerprint density at radius 2 is 1.73 bits per heavy atom. The number of anilines is 2. The highest BCUT2D eigenvalue weighted by molar-refractivity contribution is 7.94. The van der Waals surface area contributed by atoms with Gasteiger partial charge < -0.3 is 10.2 Å². The van der Waals surface area contributed by atoms with Crippen molar-refractivity contribution in [1.82, 2.24) is 0 Å². The SMILES string of the molecule is Cc1ccc2c(c1)C(=O)C(C1=CS(=O)(=O)c3ccccc3N1)C(=O)N2Cc1ccc(F)cc1. The van der Waals surface area contributed by atoms with Crippen LogP contribution in [0.2, 0.25) is 0 Å². The van der Waals surface area contributed by atoms with E-state index in [0.717, 1.165) is 11.0 Å². The number of sulfone groups is 1. The molecule has 8 heteroatoms. The molecule has 0 saturated carbocycles. The molecule has 2 aliphatic rings. The molecule has 1 N–H and O–H groups in total. The lowest BCUT2D eigenvalue weighted by Crippen LogP contribution is -2.46. The van der Waals surface area contributed by atoms with E-state index >= 15 is 0 Å². The summed E-state index contributed by atoms with van der Waals surface area (Å²) < 4.78 is 39.1. The van der Waals surface area contributed by atoms with Crippen LogP contribution in [0.15, 0.2) is 82.7 Å². The summed E-state index contributed by atoms with van der Waals surface area (Å²) in [6.07, 6.45) is 0. The molecular weight excluding hydrogens is 443 g/mol. The minimum atomic E-state index is -3.84. The summed E-state index contributed by atoms with van der Waals surface area (Å²) in [5, 5.41) is 3.95. The number of nitrogens with one attached hydrogen (secondary N) is 1. The number of hydrogen-bond acceptors (Lipinski definition) is 5. The molecule has 1 atom stereocenters. The maximum atomic E-state index is 13.6.